The number of carbonyl (C=O) groups excluding carboxylic acids is 2. The molecule has 2 aromatic rings. The second kappa shape index (κ2) is 8.37. The Bertz CT molecular complexity index is 792. The number of ketones is 1. The number of ether oxygens (including phenoxy) is 1. The third-order valence-electron chi connectivity index (χ3n) is 3.71. The van der Waals surface area contributed by atoms with Crippen LogP contribution in [-0.4, -0.2) is 17.8 Å². The van der Waals surface area contributed by atoms with Crippen LogP contribution in [0.15, 0.2) is 42.5 Å². The topological polar surface area (TPSA) is 55.4 Å². The summed E-state index contributed by atoms with van der Waals surface area (Å²) in [5.41, 5.74) is 1.30. The fourth-order valence-electron chi connectivity index (χ4n) is 2.31. The molecule has 0 unspecified atom stereocenters. The Kier molecular flexibility index (Phi) is 6.45. The van der Waals surface area contributed by atoms with Gasteiger partial charge in [-0.2, -0.15) is 0 Å². The first-order chi connectivity index (χ1) is 11.8. The van der Waals surface area contributed by atoms with Gasteiger partial charge in [-0.25, -0.2) is 0 Å². The van der Waals surface area contributed by atoms with E-state index in [0.717, 1.165) is 5.56 Å². The normalized spacial score (nSPS) is 13.0. The van der Waals surface area contributed by atoms with Crippen LogP contribution in [0.1, 0.15) is 42.7 Å². The summed E-state index contributed by atoms with van der Waals surface area (Å²) in [7, 11) is 0. The molecule has 25 heavy (non-hydrogen) atoms. The second-order valence-electron chi connectivity index (χ2n) is 5.74. The molecule has 0 fully saturated rings. The van der Waals surface area contributed by atoms with E-state index in [1.807, 2.05) is 6.92 Å². The summed E-state index contributed by atoms with van der Waals surface area (Å²) in [6, 6.07) is 11.6. The number of amides is 1. The Morgan fingerprint density at radius 3 is 2.44 bits per heavy atom. The maximum atomic E-state index is 12.4. The molecule has 0 heterocycles. The molecule has 0 radical (unpaired) electrons. The number of halogens is 2. The Balaban J connectivity index is 2.02. The van der Waals surface area contributed by atoms with Crippen LogP contribution < -0.4 is 10.1 Å². The van der Waals surface area contributed by atoms with Crippen LogP contribution >= 0.6 is 23.2 Å². The number of hydrogen-bond donors (Lipinski definition) is 1. The summed E-state index contributed by atoms with van der Waals surface area (Å²) >= 11 is 12.1. The molecular weight excluding hydrogens is 361 g/mol. The van der Waals surface area contributed by atoms with E-state index in [2.05, 4.69) is 5.32 Å². The van der Waals surface area contributed by atoms with Gasteiger partial charge in [0.15, 0.2) is 11.9 Å². The van der Waals surface area contributed by atoms with Crippen LogP contribution in [0.5, 0.6) is 5.75 Å². The molecule has 0 saturated carbocycles. The standard InChI is InChI=1S/C19H19Cl2NO3/c1-11(17-8-7-15(20)10-18(17)21)22-19(24)13(3)25-16-6-4-5-14(9-16)12(2)23/h4-11,13H,1-3H3,(H,22,24)/t11-,13-/m1/s1. The van der Waals surface area contributed by atoms with Crippen molar-refractivity contribution in [3.8, 4) is 5.75 Å². The van der Waals surface area contributed by atoms with Gasteiger partial charge >= 0.3 is 0 Å². The average molecular weight is 380 g/mol. The lowest BCUT2D eigenvalue weighted by atomic mass is 10.1. The van der Waals surface area contributed by atoms with Crippen LogP contribution in [0.2, 0.25) is 10.0 Å². The van der Waals surface area contributed by atoms with Gasteiger partial charge in [0.2, 0.25) is 0 Å². The van der Waals surface area contributed by atoms with Crippen molar-refractivity contribution in [2.75, 3.05) is 0 Å². The number of carbonyl (C=O) groups is 2. The largest absolute Gasteiger partial charge is 0.481 e. The van der Waals surface area contributed by atoms with E-state index in [4.69, 9.17) is 27.9 Å². The molecule has 0 aliphatic carbocycles. The Hall–Kier alpha value is -2.04. The van der Waals surface area contributed by atoms with Crippen LogP contribution in [0.4, 0.5) is 0 Å². The molecule has 1 N–H and O–H groups in total. The van der Waals surface area contributed by atoms with Crippen LogP contribution in [0.25, 0.3) is 0 Å². The average Bonchev–Trinajstić information content (AvgIpc) is 2.54. The molecule has 4 nitrogen and oxygen atoms in total. The first-order valence-corrected chi connectivity index (χ1v) is 8.56. The molecule has 6 heteroatoms. The molecule has 0 spiro atoms. The zero-order valence-corrected chi connectivity index (χ0v) is 15.7. The predicted octanol–water partition coefficient (Wildman–Crippen LogP) is 4.84. The minimum Gasteiger partial charge on any atom is -0.481 e. The van der Waals surface area contributed by atoms with E-state index in [9.17, 15) is 9.59 Å². The quantitative estimate of drug-likeness (QED) is 0.730. The molecule has 2 atom stereocenters. The summed E-state index contributed by atoms with van der Waals surface area (Å²) in [5, 5.41) is 3.88. The smallest absolute Gasteiger partial charge is 0.261 e. The molecule has 0 aliphatic rings. The SMILES string of the molecule is CC(=O)c1cccc(O[C@H](C)C(=O)N[C@H](C)c2ccc(Cl)cc2Cl)c1. The molecular formula is C19H19Cl2NO3. The highest BCUT2D eigenvalue weighted by Crippen LogP contribution is 2.26. The molecule has 132 valence electrons. The lowest BCUT2D eigenvalue weighted by molar-refractivity contribution is -0.127. The highest BCUT2D eigenvalue weighted by molar-refractivity contribution is 6.35. The zero-order valence-electron chi connectivity index (χ0n) is 14.2. The van der Waals surface area contributed by atoms with Crippen molar-refractivity contribution in [3.63, 3.8) is 0 Å². The highest BCUT2D eigenvalue weighted by atomic mass is 35.5. The number of hydrogen-bond acceptors (Lipinski definition) is 3. The van der Waals surface area contributed by atoms with Gasteiger partial charge in [-0.15, -0.1) is 0 Å². The summed E-state index contributed by atoms with van der Waals surface area (Å²) in [6.07, 6.45) is -0.726. The number of nitrogens with one attached hydrogen (secondary N) is 1. The summed E-state index contributed by atoms with van der Waals surface area (Å²) in [4.78, 5) is 23.8. The molecule has 0 aliphatic heterocycles. The summed E-state index contributed by atoms with van der Waals surface area (Å²) < 4.78 is 5.63. The number of benzene rings is 2. The van der Waals surface area contributed by atoms with E-state index in [1.165, 1.54) is 6.92 Å². The summed E-state index contributed by atoms with van der Waals surface area (Å²) in [6.45, 7) is 4.95. The van der Waals surface area contributed by atoms with Gasteiger partial charge in [0.1, 0.15) is 5.75 Å². The van der Waals surface area contributed by atoms with Crippen molar-refractivity contribution < 1.29 is 14.3 Å². The van der Waals surface area contributed by atoms with Gasteiger partial charge in [-0.3, -0.25) is 9.59 Å². The minimum absolute atomic E-state index is 0.0615. The zero-order chi connectivity index (χ0) is 18.6. The predicted molar refractivity (Wildman–Crippen MR) is 99.6 cm³/mol. The summed E-state index contributed by atoms with van der Waals surface area (Å²) in [5.74, 6) is 0.118. The van der Waals surface area contributed by atoms with Crippen molar-refractivity contribution in [1.29, 1.82) is 0 Å². The fraction of sp³-hybridized carbons (Fsp3) is 0.263. The van der Waals surface area contributed by atoms with Gasteiger partial charge in [-0.1, -0.05) is 41.4 Å². The Morgan fingerprint density at radius 2 is 1.80 bits per heavy atom. The Morgan fingerprint density at radius 1 is 1.08 bits per heavy atom. The van der Waals surface area contributed by atoms with Gasteiger partial charge in [0.05, 0.1) is 6.04 Å². The maximum absolute atomic E-state index is 12.4. The highest BCUT2D eigenvalue weighted by Gasteiger charge is 2.19. The van der Waals surface area contributed by atoms with Crippen molar-refractivity contribution in [2.24, 2.45) is 0 Å². The van der Waals surface area contributed by atoms with Crippen molar-refractivity contribution in [1.82, 2.24) is 5.32 Å². The molecule has 0 aromatic heterocycles. The van der Waals surface area contributed by atoms with E-state index < -0.39 is 6.10 Å². The fourth-order valence-corrected chi connectivity index (χ4v) is 2.88. The minimum atomic E-state index is -0.726. The van der Waals surface area contributed by atoms with Gasteiger partial charge in [0.25, 0.3) is 5.91 Å². The van der Waals surface area contributed by atoms with E-state index >= 15 is 0 Å². The third kappa shape index (κ3) is 5.21. The van der Waals surface area contributed by atoms with Crippen LogP contribution in [0.3, 0.4) is 0 Å². The van der Waals surface area contributed by atoms with Crippen LogP contribution in [-0.2, 0) is 4.79 Å². The molecule has 1 amide bonds. The lowest BCUT2D eigenvalue weighted by Gasteiger charge is -2.20. The van der Waals surface area contributed by atoms with Gasteiger partial charge < -0.3 is 10.1 Å². The second-order valence-corrected chi connectivity index (χ2v) is 6.58. The molecule has 0 bridgehead atoms. The van der Waals surface area contributed by atoms with Crippen molar-refractivity contribution >= 4 is 34.9 Å². The van der Waals surface area contributed by atoms with Crippen LogP contribution in [0, 0.1) is 0 Å². The Labute approximate surface area is 157 Å². The van der Waals surface area contributed by atoms with E-state index in [0.29, 0.717) is 21.4 Å². The van der Waals surface area contributed by atoms with Gasteiger partial charge in [-0.05, 0) is 50.6 Å². The lowest BCUT2D eigenvalue weighted by Crippen LogP contribution is -2.37. The molecule has 2 rings (SSSR count). The monoisotopic (exact) mass is 379 g/mol. The molecule has 0 saturated heterocycles. The van der Waals surface area contributed by atoms with Crippen molar-refractivity contribution in [2.45, 2.75) is 32.9 Å². The number of Topliss-reactive ketones (excluding diaryl/α,β-unsaturated/α-hetero) is 1. The van der Waals surface area contributed by atoms with Gasteiger partial charge in [0, 0.05) is 15.6 Å². The first-order valence-electron chi connectivity index (χ1n) is 7.81. The van der Waals surface area contributed by atoms with Crippen molar-refractivity contribution in [3.05, 3.63) is 63.6 Å². The van der Waals surface area contributed by atoms with E-state index in [1.54, 1.807) is 49.4 Å². The molecule has 2 aromatic carbocycles. The first kappa shape index (κ1) is 19.3. The number of rotatable bonds is 6. The third-order valence-corrected chi connectivity index (χ3v) is 4.27. The van der Waals surface area contributed by atoms with E-state index in [-0.39, 0.29) is 17.7 Å². The maximum Gasteiger partial charge on any atom is 0.261 e.